The SMILES string of the molecule is C=N/C(=C\C=C(/C)NS(C)(=O)=O)c1cncc([C@@]23CC[C@@H](c4cc(-c5c(F)cccc5F)nnc42)C3(C)C)n1. The summed E-state index contributed by atoms with van der Waals surface area (Å²) in [5, 5.41) is 8.82. The van der Waals surface area contributed by atoms with Gasteiger partial charge in [0.25, 0.3) is 0 Å². The van der Waals surface area contributed by atoms with Crippen molar-refractivity contribution >= 4 is 22.4 Å². The molecule has 11 heteroatoms. The Bertz CT molecular complexity index is 1650. The minimum absolute atomic E-state index is 0.0854. The van der Waals surface area contributed by atoms with E-state index in [1.54, 1.807) is 37.5 Å². The van der Waals surface area contributed by atoms with E-state index in [9.17, 15) is 17.2 Å². The highest BCUT2D eigenvalue weighted by Gasteiger charge is 2.65. The van der Waals surface area contributed by atoms with Crippen LogP contribution in [0.25, 0.3) is 17.0 Å². The van der Waals surface area contributed by atoms with E-state index < -0.39 is 27.1 Å². The Hall–Kier alpha value is -3.86. The predicted octanol–water partition coefficient (Wildman–Crippen LogP) is 4.91. The van der Waals surface area contributed by atoms with E-state index in [0.29, 0.717) is 22.8 Å². The summed E-state index contributed by atoms with van der Waals surface area (Å²) in [6, 6.07) is 5.49. The Labute approximate surface area is 226 Å². The van der Waals surface area contributed by atoms with Crippen LogP contribution in [0.15, 0.2) is 59.5 Å². The molecule has 3 aromatic rings. The highest BCUT2D eigenvalue weighted by Crippen LogP contribution is 2.69. The molecule has 2 aliphatic rings. The lowest BCUT2D eigenvalue weighted by molar-refractivity contribution is 0.242. The third-order valence-electron chi connectivity index (χ3n) is 7.94. The highest BCUT2D eigenvalue weighted by atomic mass is 32.2. The molecule has 0 amide bonds. The summed E-state index contributed by atoms with van der Waals surface area (Å²) in [6.07, 6.45) is 9.15. The zero-order chi connectivity index (χ0) is 28.2. The number of fused-ring (bicyclic) bond motifs is 5. The molecule has 0 radical (unpaired) electrons. The van der Waals surface area contributed by atoms with Crippen LogP contribution in [-0.4, -0.2) is 41.6 Å². The van der Waals surface area contributed by atoms with Gasteiger partial charge in [0, 0.05) is 11.9 Å². The molecule has 2 aliphatic carbocycles. The first-order valence-electron chi connectivity index (χ1n) is 12.4. The summed E-state index contributed by atoms with van der Waals surface area (Å²) in [7, 11) is -3.41. The number of hydrogen-bond donors (Lipinski definition) is 1. The topological polar surface area (TPSA) is 110 Å². The monoisotopic (exact) mass is 550 g/mol. The number of rotatable bonds is 7. The zero-order valence-electron chi connectivity index (χ0n) is 22.0. The zero-order valence-corrected chi connectivity index (χ0v) is 22.9. The van der Waals surface area contributed by atoms with Crippen molar-refractivity contribution in [1.29, 1.82) is 0 Å². The lowest BCUT2D eigenvalue weighted by Gasteiger charge is -2.37. The van der Waals surface area contributed by atoms with Gasteiger partial charge in [-0.05, 0) is 73.7 Å². The van der Waals surface area contributed by atoms with Crippen molar-refractivity contribution in [1.82, 2.24) is 24.9 Å². The molecule has 1 N–H and O–H groups in total. The van der Waals surface area contributed by atoms with E-state index >= 15 is 0 Å². The van der Waals surface area contributed by atoms with Gasteiger partial charge in [-0.15, -0.1) is 5.10 Å². The molecule has 0 saturated heterocycles. The van der Waals surface area contributed by atoms with Crippen molar-refractivity contribution in [2.24, 2.45) is 10.4 Å². The quantitative estimate of drug-likeness (QED) is 0.331. The molecule has 2 atom stereocenters. The van der Waals surface area contributed by atoms with Crippen LogP contribution >= 0.6 is 0 Å². The van der Waals surface area contributed by atoms with E-state index in [0.717, 1.165) is 30.4 Å². The van der Waals surface area contributed by atoms with Crippen LogP contribution in [0.4, 0.5) is 8.78 Å². The summed E-state index contributed by atoms with van der Waals surface area (Å²) in [6.45, 7) is 9.56. The van der Waals surface area contributed by atoms with Crippen molar-refractivity contribution in [3.63, 3.8) is 0 Å². The van der Waals surface area contributed by atoms with Gasteiger partial charge >= 0.3 is 0 Å². The Kier molecular flexibility index (Phi) is 6.45. The van der Waals surface area contributed by atoms with Crippen LogP contribution in [0, 0.1) is 17.0 Å². The Morgan fingerprint density at radius 3 is 2.56 bits per heavy atom. The molecule has 5 rings (SSSR count). The van der Waals surface area contributed by atoms with E-state index in [2.05, 4.69) is 45.5 Å². The van der Waals surface area contributed by atoms with Gasteiger partial charge in [-0.3, -0.25) is 14.7 Å². The molecule has 202 valence electrons. The Balaban J connectivity index is 1.60. The van der Waals surface area contributed by atoms with Crippen molar-refractivity contribution in [3.8, 4) is 11.3 Å². The van der Waals surface area contributed by atoms with E-state index in [4.69, 9.17) is 4.98 Å². The van der Waals surface area contributed by atoms with Crippen molar-refractivity contribution in [2.45, 2.75) is 44.9 Å². The largest absolute Gasteiger partial charge is 0.288 e. The van der Waals surface area contributed by atoms with Crippen molar-refractivity contribution in [3.05, 3.63) is 88.8 Å². The van der Waals surface area contributed by atoms with Crippen molar-refractivity contribution < 1.29 is 17.2 Å². The van der Waals surface area contributed by atoms with Gasteiger partial charge in [-0.2, -0.15) is 5.10 Å². The number of benzene rings is 1. The second kappa shape index (κ2) is 9.41. The fourth-order valence-electron chi connectivity index (χ4n) is 6.20. The van der Waals surface area contributed by atoms with E-state index in [-0.39, 0.29) is 22.6 Å². The molecule has 2 bridgehead atoms. The van der Waals surface area contributed by atoms with Crippen LogP contribution in [0.1, 0.15) is 62.2 Å². The second-order valence-electron chi connectivity index (χ2n) is 10.6. The molecule has 0 unspecified atom stereocenters. The average Bonchev–Trinajstić information content (AvgIpc) is 3.24. The molecule has 2 aromatic heterocycles. The number of nitrogens with zero attached hydrogens (tertiary/aromatic N) is 5. The maximum atomic E-state index is 14.5. The molecular weight excluding hydrogens is 522 g/mol. The molecule has 1 aromatic carbocycles. The van der Waals surface area contributed by atoms with Crippen LogP contribution < -0.4 is 4.72 Å². The molecule has 0 spiro atoms. The van der Waals surface area contributed by atoms with Gasteiger partial charge in [0.05, 0.1) is 46.2 Å². The first-order chi connectivity index (χ1) is 18.4. The highest BCUT2D eigenvalue weighted by molar-refractivity contribution is 7.88. The fourth-order valence-corrected chi connectivity index (χ4v) is 6.85. The molecule has 2 heterocycles. The maximum Gasteiger partial charge on any atom is 0.229 e. The molecule has 1 saturated carbocycles. The fraction of sp³-hybridized carbons (Fsp3) is 0.321. The lowest BCUT2D eigenvalue weighted by Crippen LogP contribution is -2.38. The maximum absolute atomic E-state index is 14.5. The number of sulfonamides is 1. The minimum atomic E-state index is -3.41. The standard InChI is InChI=1S/C28H28F2N6O2S/c1-16(36-39(5,37)38)9-10-21(31-4)23-14-32-15-24(33-23)28-12-11-18(27(28,2)3)17-13-22(34-35-26(17)28)25-19(29)7-6-8-20(25)30/h6-10,13-15,18,36H,4,11-12H2,1-3,5H3/b16-9+,21-10-/t18-,28-/m0/s1. The number of hydrogen-bond acceptors (Lipinski definition) is 7. The third-order valence-corrected chi connectivity index (χ3v) is 8.64. The first kappa shape index (κ1) is 26.7. The van der Waals surface area contributed by atoms with E-state index in [1.165, 1.54) is 18.2 Å². The number of allylic oxidation sites excluding steroid dienone is 3. The van der Waals surface area contributed by atoms with Gasteiger partial charge < -0.3 is 0 Å². The molecule has 39 heavy (non-hydrogen) atoms. The minimum Gasteiger partial charge on any atom is -0.288 e. The Morgan fingerprint density at radius 2 is 1.90 bits per heavy atom. The van der Waals surface area contributed by atoms with Gasteiger partial charge in [-0.25, -0.2) is 22.2 Å². The molecule has 1 fully saturated rings. The summed E-state index contributed by atoms with van der Waals surface area (Å²) in [5.41, 5.74) is 2.64. The summed E-state index contributed by atoms with van der Waals surface area (Å²) >= 11 is 0. The summed E-state index contributed by atoms with van der Waals surface area (Å²) in [5.74, 6) is -1.29. The molecule has 0 aliphatic heterocycles. The number of halogens is 2. The smallest absolute Gasteiger partial charge is 0.229 e. The first-order valence-corrected chi connectivity index (χ1v) is 14.3. The van der Waals surface area contributed by atoms with Gasteiger partial charge in [0.2, 0.25) is 10.0 Å². The van der Waals surface area contributed by atoms with Crippen LogP contribution in [-0.2, 0) is 15.4 Å². The van der Waals surface area contributed by atoms with Crippen LogP contribution in [0.5, 0.6) is 0 Å². The summed E-state index contributed by atoms with van der Waals surface area (Å²) < 4.78 is 54.5. The lowest BCUT2D eigenvalue weighted by atomic mass is 9.66. The van der Waals surface area contributed by atoms with E-state index in [1.807, 2.05) is 0 Å². The van der Waals surface area contributed by atoms with Crippen LogP contribution in [0.2, 0.25) is 0 Å². The Morgan fingerprint density at radius 1 is 1.18 bits per heavy atom. The molecular formula is C28H28F2N6O2S. The van der Waals surface area contributed by atoms with Crippen molar-refractivity contribution in [2.75, 3.05) is 6.26 Å². The number of aliphatic imine (C=N–C) groups is 1. The summed E-state index contributed by atoms with van der Waals surface area (Å²) in [4.78, 5) is 13.5. The normalized spacial score (nSPS) is 22.1. The van der Waals surface area contributed by atoms with Gasteiger partial charge in [0.1, 0.15) is 17.3 Å². The number of nitrogens with one attached hydrogen (secondary N) is 1. The average molecular weight is 551 g/mol. The van der Waals surface area contributed by atoms with Gasteiger partial charge in [0.15, 0.2) is 0 Å². The third kappa shape index (κ3) is 4.34. The number of aromatic nitrogens is 4. The second-order valence-corrected chi connectivity index (χ2v) is 12.3. The molecule has 8 nitrogen and oxygen atoms in total. The van der Waals surface area contributed by atoms with Crippen LogP contribution in [0.3, 0.4) is 0 Å². The predicted molar refractivity (Wildman–Crippen MR) is 145 cm³/mol. The van der Waals surface area contributed by atoms with Gasteiger partial charge in [-0.1, -0.05) is 19.9 Å².